The molecular weight excluding hydrogens is 107 g/mol. The maximum Gasteiger partial charge on any atom is 0.412 e. The second-order valence-electron chi connectivity index (χ2n) is 0.511. The molecule has 3 nitrogen and oxygen atoms in total. The first-order valence-electron chi connectivity index (χ1n) is 1.12. The van der Waals surface area contributed by atoms with Gasteiger partial charge in [-0.15, -0.1) is 4.39 Å². The largest absolute Gasteiger partial charge is 0.412 e. The molecule has 0 spiro atoms. The number of carbonyl (C=O) groups excluding carboxylic acids is 1. The standard InChI is InChI=1S/CH3FN2OS/c2-1(5)3-4-6/h4,6H,(H,3,5). The van der Waals surface area contributed by atoms with Gasteiger partial charge in [0.2, 0.25) is 0 Å². The molecule has 0 rings (SSSR count). The first kappa shape index (κ1) is 5.71. The number of nitrogens with one attached hydrogen (secondary N) is 2. The van der Waals surface area contributed by atoms with Crippen LogP contribution in [0.2, 0.25) is 0 Å². The molecule has 0 radical (unpaired) electrons. The van der Waals surface area contributed by atoms with Gasteiger partial charge in [-0.25, -0.2) is 4.79 Å². The van der Waals surface area contributed by atoms with Crippen molar-refractivity contribution >= 4 is 19.0 Å². The number of thiol groups is 1. The van der Waals surface area contributed by atoms with E-state index in [0.717, 1.165) is 0 Å². The zero-order chi connectivity index (χ0) is 4.99. The Hall–Kier alpha value is -0.290. The first-order chi connectivity index (χ1) is 2.77. The molecule has 0 bridgehead atoms. The van der Waals surface area contributed by atoms with E-state index in [9.17, 15) is 4.39 Å². The molecular formula is CH3FN2OS. The number of amides is 1. The summed E-state index contributed by atoms with van der Waals surface area (Å²) < 4.78 is 10.8. The van der Waals surface area contributed by atoms with Crippen LogP contribution in [0.25, 0.3) is 0 Å². The van der Waals surface area contributed by atoms with Gasteiger partial charge in [0.05, 0.1) is 0 Å². The topological polar surface area (TPSA) is 41.1 Å². The quantitative estimate of drug-likeness (QED) is 0.193. The lowest BCUT2D eigenvalue weighted by Crippen LogP contribution is -2.25. The van der Waals surface area contributed by atoms with E-state index in [1.165, 1.54) is 5.43 Å². The van der Waals surface area contributed by atoms with Crippen LogP contribution < -0.4 is 10.3 Å². The minimum Gasteiger partial charge on any atom is -0.253 e. The predicted molar refractivity (Wildman–Crippen MR) is 21.8 cm³/mol. The van der Waals surface area contributed by atoms with E-state index in [1.807, 2.05) is 0 Å². The Balaban J connectivity index is 2.83. The van der Waals surface area contributed by atoms with Crippen LogP contribution in [0, 0.1) is 0 Å². The summed E-state index contributed by atoms with van der Waals surface area (Å²) in [7, 11) is 0. The van der Waals surface area contributed by atoms with E-state index in [1.54, 1.807) is 4.83 Å². The van der Waals surface area contributed by atoms with Crippen LogP contribution in [0.3, 0.4) is 0 Å². The number of hydrogen-bond donors (Lipinski definition) is 3. The molecule has 36 valence electrons. The Morgan fingerprint density at radius 3 is 2.33 bits per heavy atom. The molecule has 0 aliphatic rings. The lowest BCUT2D eigenvalue weighted by molar-refractivity contribution is 0.220. The van der Waals surface area contributed by atoms with E-state index >= 15 is 0 Å². The molecule has 0 aromatic heterocycles. The minimum absolute atomic E-state index is 1.52. The van der Waals surface area contributed by atoms with Crippen LogP contribution in [0.1, 0.15) is 0 Å². The Morgan fingerprint density at radius 1 is 1.83 bits per heavy atom. The van der Waals surface area contributed by atoms with Crippen LogP contribution in [0.4, 0.5) is 9.18 Å². The van der Waals surface area contributed by atoms with E-state index < -0.39 is 6.16 Å². The van der Waals surface area contributed by atoms with Gasteiger partial charge in [-0.1, -0.05) is 12.8 Å². The summed E-state index contributed by atoms with van der Waals surface area (Å²) in [5.41, 5.74) is 1.52. The van der Waals surface area contributed by atoms with Crippen molar-refractivity contribution in [3.63, 3.8) is 0 Å². The molecule has 0 atom stereocenters. The van der Waals surface area contributed by atoms with Crippen molar-refractivity contribution in [2.45, 2.75) is 0 Å². The van der Waals surface area contributed by atoms with Crippen molar-refractivity contribution in [1.82, 2.24) is 10.3 Å². The van der Waals surface area contributed by atoms with Gasteiger partial charge >= 0.3 is 6.16 Å². The maximum atomic E-state index is 10.8. The molecule has 6 heavy (non-hydrogen) atoms. The number of carbonyl (C=O) groups is 1. The predicted octanol–water partition coefficient (Wildman–Crippen LogP) is 0.0149. The molecule has 0 fully saturated rings. The van der Waals surface area contributed by atoms with Gasteiger partial charge in [0.25, 0.3) is 0 Å². The monoisotopic (exact) mass is 110 g/mol. The molecule has 0 aliphatic heterocycles. The first-order valence-corrected chi connectivity index (χ1v) is 1.56. The van der Waals surface area contributed by atoms with E-state index in [-0.39, 0.29) is 0 Å². The number of rotatable bonds is 1. The summed E-state index contributed by atoms with van der Waals surface area (Å²) in [6, 6.07) is 0. The van der Waals surface area contributed by atoms with Crippen molar-refractivity contribution in [2.75, 3.05) is 0 Å². The molecule has 0 aromatic carbocycles. The molecule has 0 unspecified atom stereocenters. The third-order valence-corrected chi connectivity index (χ3v) is 0.266. The van der Waals surface area contributed by atoms with Crippen LogP contribution in [0.15, 0.2) is 0 Å². The summed E-state index contributed by atoms with van der Waals surface area (Å²) in [6.07, 6.45) is -1.65. The fraction of sp³-hybridized carbons (Fsp3) is 0. The van der Waals surface area contributed by atoms with Crippen LogP contribution in [-0.4, -0.2) is 6.16 Å². The molecule has 0 saturated heterocycles. The van der Waals surface area contributed by atoms with E-state index in [4.69, 9.17) is 4.79 Å². The summed E-state index contributed by atoms with van der Waals surface area (Å²) in [6.45, 7) is 0. The van der Waals surface area contributed by atoms with Crippen molar-refractivity contribution in [3.8, 4) is 0 Å². The Bertz CT molecular complexity index is 57.5. The van der Waals surface area contributed by atoms with Crippen molar-refractivity contribution in [1.29, 1.82) is 0 Å². The van der Waals surface area contributed by atoms with Gasteiger partial charge in [-0.2, -0.15) is 4.83 Å². The van der Waals surface area contributed by atoms with E-state index in [0.29, 0.717) is 0 Å². The fourth-order valence-corrected chi connectivity index (χ4v) is 0.132. The molecule has 0 saturated carbocycles. The van der Waals surface area contributed by atoms with Crippen LogP contribution in [0.5, 0.6) is 0 Å². The zero-order valence-electron chi connectivity index (χ0n) is 2.73. The molecule has 0 aromatic rings. The van der Waals surface area contributed by atoms with Gasteiger partial charge in [-0.05, 0) is 0 Å². The maximum absolute atomic E-state index is 10.8. The van der Waals surface area contributed by atoms with Crippen molar-refractivity contribution in [2.24, 2.45) is 0 Å². The molecule has 0 aliphatic carbocycles. The SMILES string of the molecule is O=C(F)NNS. The van der Waals surface area contributed by atoms with Gasteiger partial charge in [-0.3, -0.25) is 5.43 Å². The average molecular weight is 110 g/mol. The lowest BCUT2D eigenvalue weighted by atomic mass is 11.3. The normalized spacial score (nSPS) is 7.67. The minimum atomic E-state index is -1.65. The molecule has 0 heterocycles. The van der Waals surface area contributed by atoms with Crippen molar-refractivity contribution in [3.05, 3.63) is 0 Å². The van der Waals surface area contributed by atoms with Crippen LogP contribution in [-0.2, 0) is 0 Å². The second-order valence-corrected chi connectivity index (χ2v) is 0.734. The fourth-order valence-electron chi connectivity index (χ4n) is 0.0440. The summed E-state index contributed by atoms with van der Waals surface area (Å²) in [5.74, 6) is 0. The number of hydrazine groups is 1. The molecule has 5 heteroatoms. The summed E-state index contributed by atoms with van der Waals surface area (Å²) in [4.78, 5) is 10.9. The highest BCUT2D eigenvalue weighted by Crippen LogP contribution is 1.63. The number of halogens is 1. The van der Waals surface area contributed by atoms with Crippen LogP contribution >= 0.6 is 12.8 Å². The second kappa shape index (κ2) is 2.92. The smallest absolute Gasteiger partial charge is 0.253 e. The third-order valence-electron chi connectivity index (χ3n) is 0.154. The molecule has 2 N–H and O–H groups in total. The van der Waals surface area contributed by atoms with Gasteiger partial charge in [0.1, 0.15) is 0 Å². The van der Waals surface area contributed by atoms with Crippen molar-refractivity contribution < 1.29 is 9.18 Å². The third kappa shape index (κ3) is 3.71. The Morgan fingerprint density at radius 2 is 2.33 bits per heavy atom. The van der Waals surface area contributed by atoms with E-state index in [2.05, 4.69) is 12.8 Å². The summed E-state index contributed by atoms with van der Waals surface area (Å²) >= 11 is 3.24. The highest BCUT2D eigenvalue weighted by Gasteiger charge is 1.85. The lowest BCUT2D eigenvalue weighted by Gasteiger charge is -1.86. The zero-order valence-corrected chi connectivity index (χ0v) is 3.63. The van der Waals surface area contributed by atoms with Gasteiger partial charge in [0, 0.05) is 0 Å². The Kier molecular flexibility index (Phi) is 2.78. The van der Waals surface area contributed by atoms with Gasteiger partial charge < -0.3 is 0 Å². The highest BCUT2D eigenvalue weighted by atomic mass is 32.1. The summed E-state index contributed by atoms with van der Waals surface area (Å²) in [5, 5.41) is 0. The van der Waals surface area contributed by atoms with Gasteiger partial charge in [0.15, 0.2) is 0 Å². The Labute approximate surface area is 39.4 Å². The number of hydrogen-bond acceptors (Lipinski definition) is 3. The highest BCUT2D eigenvalue weighted by molar-refractivity contribution is 7.78. The molecule has 1 amide bonds. The average Bonchev–Trinajstić information content (AvgIpc) is 1.35.